The third kappa shape index (κ3) is 1.84. The molecule has 0 radical (unpaired) electrons. The van der Waals surface area contributed by atoms with Crippen LogP contribution in [0.25, 0.3) is 0 Å². The Hall–Kier alpha value is -1.09. The topological polar surface area (TPSA) is 40.5 Å². The Balaban J connectivity index is 2.21. The molecule has 0 aromatic carbocycles. The van der Waals surface area contributed by atoms with Crippen LogP contribution in [0.15, 0.2) is 24.3 Å². The summed E-state index contributed by atoms with van der Waals surface area (Å²) in [4.78, 5) is 13.6. The molecule has 82 valence electrons. The van der Waals surface area contributed by atoms with Crippen LogP contribution in [0.3, 0.4) is 0 Å². The molecule has 1 fully saturated rings. The van der Waals surface area contributed by atoms with Crippen LogP contribution in [-0.2, 0) is 4.79 Å². The van der Waals surface area contributed by atoms with Gasteiger partial charge in [-0.15, -0.1) is 0 Å². The number of carboxylic acid groups (broad SMARTS) is 1. The van der Waals surface area contributed by atoms with Gasteiger partial charge < -0.3 is 5.11 Å². The largest absolute Gasteiger partial charge is 0.480 e. The van der Waals surface area contributed by atoms with Crippen molar-refractivity contribution in [1.82, 2.24) is 4.90 Å². The first kappa shape index (κ1) is 10.4. The van der Waals surface area contributed by atoms with Crippen molar-refractivity contribution in [3.8, 4) is 0 Å². The average Bonchev–Trinajstić information content (AvgIpc) is 2.31. The maximum absolute atomic E-state index is 11.4. The highest BCUT2D eigenvalue weighted by Crippen LogP contribution is 2.28. The van der Waals surface area contributed by atoms with Gasteiger partial charge in [0, 0.05) is 0 Å². The van der Waals surface area contributed by atoms with Gasteiger partial charge in [-0.05, 0) is 32.4 Å². The maximum Gasteiger partial charge on any atom is 0.328 e. The van der Waals surface area contributed by atoms with Crippen molar-refractivity contribution < 1.29 is 9.90 Å². The molecule has 1 saturated heterocycles. The van der Waals surface area contributed by atoms with Crippen LogP contribution < -0.4 is 0 Å². The van der Waals surface area contributed by atoms with Crippen molar-refractivity contribution >= 4 is 5.97 Å². The molecule has 0 aromatic rings. The summed E-state index contributed by atoms with van der Waals surface area (Å²) in [5, 5.41) is 9.41. The van der Waals surface area contributed by atoms with Gasteiger partial charge in [0.2, 0.25) is 0 Å². The summed E-state index contributed by atoms with van der Waals surface area (Å²) in [6, 6.07) is 0. The lowest BCUT2D eigenvalue weighted by Crippen LogP contribution is -2.55. The van der Waals surface area contributed by atoms with Gasteiger partial charge in [0.25, 0.3) is 0 Å². The molecular formula is C12H17NO2. The van der Waals surface area contributed by atoms with E-state index in [1.54, 1.807) is 0 Å². The smallest absolute Gasteiger partial charge is 0.328 e. The van der Waals surface area contributed by atoms with Crippen molar-refractivity contribution in [2.45, 2.75) is 31.2 Å². The third-order valence-corrected chi connectivity index (χ3v) is 3.34. The molecule has 1 heterocycles. The number of nitrogens with zero attached hydrogens (tertiary/aromatic N) is 1. The summed E-state index contributed by atoms with van der Waals surface area (Å²) in [5.74, 6) is -0.718. The van der Waals surface area contributed by atoms with Gasteiger partial charge in [-0.2, -0.15) is 0 Å². The summed E-state index contributed by atoms with van der Waals surface area (Å²) in [6.45, 7) is 1.81. The minimum absolute atomic E-state index is 0.596. The van der Waals surface area contributed by atoms with E-state index in [-0.39, 0.29) is 0 Å². The molecule has 0 bridgehead atoms. The number of hydrogen-bond donors (Lipinski definition) is 1. The van der Waals surface area contributed by atoms with Gasteiger partial charge in [0.05, 0.1) is 0 Å². The number of piperidine rings is 1. The van der Waals surface area contributed by atoms with Crippen LogP contribution in [0.1, 0.15) is 25.7 Å². The molecule has 0 saturated carbocycles. The molecule has 0 aromatic heterocycles. The van der Waals surface area contributed by atoms with E-state index in [4.69, 9.17) is 0 Å². The first-order chi connectivity index (χ1) is 7.26. The molecule has 0 spiro atoms. The molecule has 1 aliphatic carbocycles. The number of hydrogen-bond acceptors (Lipinski definition) is 2. The first-order valence-corrected chi connectivity index (χ1v) is 5.58. The van der Waals surface area contributed by atoms with Crippen LogP contribution in [0.4, 0.5) is 0 Å². The van der Waals surface area contributed by atoms with Gasteiger partial charge in [0.1, 0.15) is 5.54 Å². The summed E-state index contributed by atoms with van der Waals surface area (Å²) in [6.07, 6.45) is 11.6. The molecule has 3 nitrogen and oxygen atoms in total. The highest BCUT2D eigenvalue weighted by atomic mass is 16.4. The average molecular weight is 207 g/mol. The Morgan fingerprint density at radius 2 is 1.93 bits per heavy atom. The molecule has 15 heavy (non-hydrogen) atoms. The molecule has 0 amide bonds. The van der Waals surface area contributed by atoms with Crippen LogP contribution in [0.2, 0.25) is 0 Å². The van der Waals surface area contributed by atoms with Crippen molar-refractivity contribution in [2.75, 3.05) is 13.1 Å². The van der Waals surface area contributed by atoms with E-state index in [9.17, 15) is 9.90 Å². The standard InChI is InChI=1S/C12H17NO2/c14-11(15)12(7-3-1-4-8-12)13-9-5-2-6-10-13/h1,3-4,7H,2,5-6,8-10H2,(H,14,15). The monoisotopic (exact) mass is 207 g/mol. The fourth-order valence-electron chi connectivity index (χ4n) is 2.43. The minimum atomic E-state index is -0.769. The van der Waals surface area contributed by atoms with E-state index >= 15 is 0 Å². The fraction of sp³-hybridized carbons (Fsp3) is 0.583. The number of carboxylic acids is 1. The molecule has 1 atom stereocenters. The van der Waals surface area contributed by atoms with Crippen molar-refractivity contribution in [3.63, 3.8) is 0 Å². The molecule has 3 heteroatoms. The van der Waals surface area contributed by atoms with E-state index in [1.165, 1.54) is 6.42 Å². The Morgan fingerprint density at radius 3 is 2.47 bits per heavy atom. The zero-order chi connectivity index (χ0) is 10.7. The SMILES string of the molecule is O=C(O)C1(N2CCCCC2)C=CC=CC1. The van der Waals surface area contributed by atoms with E-state index in [0.717, 1.165) is 25.9 Å². The molecule has 1 unspecified atom stereocenters. The summed E-state index contributed by atoms with van der Waals surface area (Å²) < 4.78 is 0. The van der Waals surface area contributed by atoms with Gasteiger partial charge in [0.15, 0.2) is 0 Å². The zero-order valence-electron chi connectivity index (χ0n) is 8.85. The van der Waals surface area contributed by atoms with Crippen molar-refractivity contribution in [2.24, 2.45) is 0 Å². The second-order valence-corrected chi connectivity index (χ2v) is 4.27. The predicted molar refractivity (Wildman–Crippen MR) is 58.7 cm³/mol. The quantitative estimate of drug-likeness (QED) is 0.750. The summed E-state index contributed by atoms with van der Waals surface area (Å²) in [5.41, 5.74) is -0.769. The summed E-state index contributed by atoms with van der Waals surface area (Å²) in [7, 11) is 0. The summed E-state index contributed by atoms with van der Waals surface area (Å²) >= 11 is 0. The van der Waals surface area contributed by atoms with Crippen LogP contribution in [0, 0.1) is 0 Å². The number of likely N-dealkylation sites (tertiary alicyclic amines) is 1. The van der Waals surface area contributed by atoms with Crippen molar-refractivity contribution in [3.05, 3.63) is 24.3 Å². The van der Waals surface area contributed by atoms with Gasteiger partial charge in [-0.25, -0.2) is 4.79 Å². The third-order valence-electron chi connectivity index (χ3n) is 3.34. The fourth-order valence-corrected chi connectivity index (χ4v) is 2.43. The minimum Gasteiger partial charge on any atom is -0.480 e. The number of aliphatic carboxylic acids is 1. The second kappa shape index (κ2) is 4.19. The van der Waals surface area contributed by atoms with E-state index in [1.807, 2.05) is 24.3 Å². The lowest BCUT2D eigenvalue weighted by molar-refractivity contribution is -0.148. The van der Waals surface area contributed by atoms with Crippen LogP contribution in [0.5, 0.6) is 0 Å². The van der Waals surface area contributed by atoms with E-state index in [0.29, 0.717) is 6.42 Å². The zero-order valence-corrected chi connectivity index (χ0v) is 8.85. The lowest BCUT2D eigenvalue weighted by atomic mass is 9.87. The Bertz CT molecular complexity index is 303. The van der Waals surface area contributed by atoms with Gasteiger partial charge in [-0.3, -0.25) is 4.90 Å². The molecule has 1 N–H and O–H groups in total. The van der Waals surface area contributed by atoms with Crippen LogP contribution >= 0.6 is 0 Å². The predicted octanol–water partition coefficient (Wildman–Crippen LogP) is 1.81. The lowest BCUT2D eigenvalue weighted by Gasteiger charge is -2.41. The second-order valence-electron chi connectivity index (χ2n) is 4.27. The van der Waals surface area contributed by atoms with Gasteiger partial charge in [-0.1, -0.05) is 30.7 Å². The van der Waals surface area contributed by atoms with Crippen LogP contribution in [-0.4, -0.2) is 34.6 Å². The van der Waals surface area contributed by atoms with Gasteiger partial charge >= 0.3 is 5.97 Å². The van der Waals surface area contributed by atoms with E-state index < -0.39 is 11.5 Å². The normalized spacial score (nSPS) is 31.7. The first-order valence-electron chi connectivity index (χ1n) is 5.58. The number of rotatable bonds is 2. The Kier molecular flexibility index (Phi) is 2.91. The van der Waals surface area contributed by atoms with Crippen molar-refractivity contribution in [1.29, 1.82) is 0 Å². The number of carbonyl (C=O) groups is 1. The number of allylic oxidation sites excluding steroid dienone is 2. The molecular weight excluding hydrogens is 190 g/mol. The maximum atomic E-state index is 11.4. The molecule has 1 aliphatic heterocycles. The highest BCUT2D eigenvalue weighted by Gasteiger charge is 2.41. The Labute approximate surface area is 90.1 Å². The van der Waals surface area contributed by atoms with E-state index in [2.05, 4.69) is 4.90 Å². The Morgan fingerprint density at radius 1 is 1.20 bits per heavy atom. The molecule has 2 aliphatic rings. The molecule has 2 rings (SSSR count). The highest BCUT2D eigenvalue weighted by molar-refractivity contribution is 5.82.